The van der Waals surface area contributed by atoms with Crippen molar-refractivity contribution in [1.82, 2.24) is 4.90 Å². The first-order valence-corrected chi connectivity index (χ1v) is 7.15. The van der Waals surface area contributed by atoms with E-state index in [1.165, 1.54) is 0 Å². The molecular formula is C14H22BrNO3. The monoisotopic (exact) mass is 331 g/mol. The molecule has 0 fully saturated rings. The van der Waals surface area contributed by atoms with Gasteiger partial charge in [-0.25, -0.2) is 0 Å². The smallest absolute Gasteiger partial charge is 0.134 e. The second-order valence-corrected chi connectivity index (χ2v) is 5.22. The van der Waals surface area contributed by atoms with Crippen molar-refractivity contribution < 1.29 is 14.6 Å². The van der Waals surface area contributed by atoms with E-state index >= 15 is 0 Å². The van der Waals surface area contributed by atoms with Gasteiger partial charge in [-0.2, -0.15) is 0 Å². The molecule has 0 spiro atoms. The van der Waals surface area contributed by atoms with Gasteiger partial charge in [-0.15, -0.1) is 0 Å². The van der Waals surface area contributed by atoms with Crippen LogP contribution >= 0.6 is 15.9 Å². The van der Waals surface area contributed by atoms with Crippen LogP contribution in [0.25, 0.3) is 0 Å². The number of hydrogen-bond donors (Lipinski definition) is 1. The molecule has 0 atom stereocenters. The summed E-state index contributed by atoms with van der Waals surface area (Å²) in [6.45, 7) is 3.89. The van der Waals surface area contributed by atoms with E-state index in [4.69, 9.17) is 9.47 Å². The number of rotatable bonds is 9. The van der Waals surface area contributed by atoms with Gasteiger partial charge < -0.3 is 14.6 Å². The summed E-state index contributed by atoms with van der Waals surface area (Å²) in [6, 6.07) is 5.71. The van der Waals surface area contributed by atoms with Crippen molar-refractivity contribution in [3.8, 4) is 5.75 Å². The lowest BCUT2D eigenvalue weighted by Crippen LogP contribution is -2.28. The van der Waals surface area contributed by atoms with E-state index in [2.05, 4.69) is 20.8 Å². The zero-order valence-electron chi connectivity index (χ0n) is 11.6. The fourth-order valence-corrected chi connectivity index (χ4v) is 2.26. The molecule has 0 aromatic heterocycles. The molecule has 1 aromatic rings. The predicted molar refractivity (Wildman–Crippen MR) is 79.5 cm³/mol. The van der Waals surface area contributed by atoms with Gasteiger partial charge in [0.25, 0.3) is 0 Å². The van der Waals surface area contributed by atoms with Gasteiger partial charge in [0.2, 0.25) is 0 Å². The Labute approximate surface area is 123 Å². The summed E-state index contributed by atoms with van der Waals surface area (Å²) < 4.78 is 10.9. The van der Waals surface area contributed by atoms with Crippen molar-refractivity contribution in [2.75, 3.05) is 40.5 Å². The molecule has 0 saturated carbocycles. The number of methoxy groups -OCH3 is 2. The van der Waals surface area contributed by atoms with Crippen LogP contribution in [0, 0.1) is 0 Å². The van der Waals surface area contributed by atoms with Crippen molar-refractivity contribution in [1.29, 1.82) is 0 Å². The van der Waals surface area contributed by atoms with E-state index in [0.717, 1.165) is 36.2 Å². The second kappa shape index (κ2) is 9.31. The van der Waals surface area contributed by atoms with E-state index in [1.54, 1.807) is 14.2 Å². The molecular weight excluding hydrogens is 310 g/mol. The van der Waals surface area contributed by atoms with E-state index in [0.29, 0.717) is 18.9 Å². The second-order valence-electron chi connectivity index (χ2n) is 4.36. The number of phenolic OH excluding ortho intramolecular Hbond substituents is 1. The predicted octanol–water partition coefficient (Wildman–Crippen LogP) is 2.64. The van der Waals surface area contributed by atoms with Gasteiger partial charge in [-0.3, -0.25) is 4.90 Å². The molecule has 0 bridgehead atoms. The normalized spacial score (nSPS) is 11.2. The Balaban J connectivity index is 2.61. The zero-order valence-corrected chi connectivity index (χ0v) is 13.1. The molecule has 5 heteroatoms. The highest BCUT2D eigenvalue weighted by Gasteiger charge is 2.10. The minimum Gasteiger partial charge on any atom is -0.506 e. The molecule has 0 amide bonds. The number of nitrogens with zero attached hydrogens (tertiary/aromatic N) is 1. The molecule has 108 valence electrons. The first-order chi connectivity index (χ1) is 9.19. The molecule has 0 aliphatic carbocycles. The number of para-hydroxylation sites is 1. The summed E-state index contributed by atoms with van der Waals surface area (Å²) in [6.07, 6.45) is 0.967. The molecule has 4 nitrogen and oxygen atoms in total. The van der Waals surface area contributed by atoms with Crippen molar-refractivity contribution in [2.45, 2.75) is 13.0 Å². The van der Waals surface area contributed by atoms with Crippen LogP contribution in [-0.2, 0) is 16.0 Å². The molecule has 0 aliphatic rings. The van der Waals surface area contributed by atoms with Crippen LogP contribution in [0.1, 0.15) is 12.0 Å². The quantitative estimate of drug-likeness (QED) is 0.706. The molecule has 1 rings (SSSR count). The van der Waals surface area contributed by atoms with Crippen LogP contribution in [0.5, 0.6) is 5.75 Å². The number of hydrogen-bond acceptors (Lipinski definition) is 4. The zero-order chi connectivity index (χ0) is 14.1. The number of benzene rings is 1. The van der Waals surface area contributed by atoms with E-state index in [1.807, 2.05) is 18.2 Å². The van der Waals surface area contributed by atoms with Crippen LogP contribution in [-0.4, -0.2) is 50.5 Å². The van der Waals surface area contributed by atoms with Crippen molar-refractivity contribution in [2.24, 2.45) is 0 Å². The van der Waals surface area contributed by atoms with Crippen LogP contribution in [0.3, 0.4) is 0 Å². The maximum atomic E-state index is 10.0. The summed E-state index contributed by atoms with van der Waals surface area (Å²) in [4.78, 5) is 2.25. The van der Waals surface area contributed by atoms with Gasteiger partial charge in [0, 0.05) is 46.0 Å². The van der Waals surface area contributed by atoms with Gasteiger partial charge >= 0.3 is 0 Å². The molecule has 1 N–H and O–H groups in total. The lowest BCUT2D eigenvalue weighted by Gasteiger charge is -2.22. The largest absolute Gasteiger partial charge is 0.506 e. The van der Waals surface area contributed by atoms with Crippen molar-refractivity contribution in [3.05, 3.63) is 28.2 Å². The Morgan fingerprint density at radius 3 is 2.58 bits per heavy atom. The molecule has 0 radical (unpaired) electrons. The van der Waals surface area contributed by atoms with Gasteiger partial charge in [0.1, 0.15) is 5.75 Å². The summed E-state index contributed by atoms with van der Waals surface area (Å²) in [5.41, 5.74) is 0.919. The molecule has 19 heavy (non-hydrogen) atoms. The third-order valence-electron chi connectivity index (χ3n) is 2.90. The molecule has 1 aromatic carbocycles. The summed E-state index contributed by atoms with van der Waals surface area (Å²) in [5.74, 6) is 0.316. The maximum Gasteiger partial charge on any atom is 0.134 e. The van der Waals surface area contributed by atoms with Gasteiger partial charge in [-0.1, -0.05) is 12.1 Å². The maximum absolute atomic E-state index is 10.0. The Bertz CT molecular complexity index is 374. The summed E-state index contributed by atoms with van der Waals surface area (Å²) >= 11 is 3.34. The topological polar surface area (TPSA) is 41.9 Å². The average Bonchev–Trinajstić information content (AvgIpc) is 2.41. The highest BCUT2D eigenvalue weighted by atomic mass is 79.9. The Morgan fingerprint density at radius 2 is 1.89 bits per heavy atom. The van der Waals surface area contributed by atoms with Gasteiger partial charge in [0.05, 0.1) is 11.1 Å². The standard InChI is InChI=1S/C14H22BrNO3/c1-18-9-4-7-16(8-10-19-2)11-12-5-3-6-13(15)14(12)17/h3,5-6,17H,4,7-11H2,1-2H3. The lowest BCUT2D eigenvalue weighted by molar-refractivity contribution is 0.128. The summed E-state index contributed by atoms with van der Waals surface area (Å²) in [7, 11) is 3.41. The van der Waals surface area contributed by atoms with E-state index in [-0.39, 0.29) is 0 Å². The highest BCUT2D eigenvalue weighted by molar-refractivity contribution is 9.10. The van der Waals surface area contributed by atoms with Gasteiger partial charge in [0.15, 0.2) is 0 Å². The third kappa shape index (κ3) is 5.91. The lowest BCUT2D eigenvalue weighted by atomic mass is 10.2. The number of halogens is 1. The molecule has 0 unspecified atom stereocenters. The number of phenols is 1. The van der Waals surface area contributed by atoms with Crippen LogP contribution in [0.4, 0.5) is 0 Å². The fraction of sp³-hybridized carbons (Fsp3) is 0.571. The van der Waals surface area contributed by atoms with Crippen molar-refractivity contribution in [3.63, 3.8) is 0 Å². The third-order valence-corrected chi connectivity index (χ3v) is 3.54. The Hall–Kier alpha value is -0.620. The van der Waals surface area contributed by atoms with Crippen LogP contribution in [0.15, 0.2) is 22.7 Å². The van der Waals surface area contributed by atoms with Crippen molar-refractivity contribution >= 4 is 15.9 Å². The SMILES string of the molecule is COCCCN(CCOC)Cc1cccc(Br)c1O. The fourth-order valence-electron chi connectivity index (χ4n) is 1.85. The minimum atomic E-state index is 0.316. The molecule has 0 heterocycles. The number of aromatic hydroxyl groups is 1. The Kier molecular flexibility index (Phi) is 8.05. The van der Waals surface area contributed by atoms with E-state index in [9.17, 15) is 5.11 Å². The van der Waals surface area contributed by atoms with Gasteiger partial charge in [-0.05, 0) is 28.4 Å². The Morgan fingerprint density at radius 1 is 1.16 bits per heavy atom. The molecule has 0 saturated heterocycles. The minimum absolute atomic E-state index is 0.316. The summed E-state index contributed by atoms with van der Waals surface area (Å²) in [5, 5.41) is 10.0. The first-order valence-electron chi connectivity index (χ1n) is 6.35. The van der Waals surface area contributed by atoms with Crippen LogP contribution in [0.2, 0.25) is 0 Å². The average molecular weight is 332 g/mol. The van der Waals surface area contributed by atoms with Crippen LogP contribution < -0.4 is 0 Å². The number of ether oxygens (including phenoxy) is 2. The highest BCUT2D eigenvalue weighted by Crippen LogP contribution is 2.28. The molecule has 0 aliphatic heterocycles. The van der Waals surface area contributed by atoms with E-state index < -0.39 is 0 Å². The first kappa shape index (κ1) is 16.4.